The summed E-state index contributed by atoms with van der Waals surface area (Å²) in [5.41, 5.74) is 2.07. The molecule has 0 heterocycles. The van der Waals surface area contributed by atoms with Crippen molar-refractivity contribution in [3.8, 4) is 0 Å². The normalized spacial score (nSPS) is 21.8. The van der Waals surface area contributed by atoms with E-state index in [2.05, 4.69) is 0 Å². The molecule has 0 aliphatic heterocycles. The van der Waals surface area contributed by atoms with Crippen molar-refractivity contribution < 1.29 is 24.2 Å². The van der Waals surface area contributed by atoms with E-state index in [0.29, 0.717) is 12.3 Å². The Morgan fingerprint density at radius 2 is 1.85 bits per heavy atom. The Labute approximate surface area is 155 Å². The Morgan fingerprint density at radius 1 is 1.15 bits per heavy atom. The van der Waals surface area contributed by atoms with Crippen molar-refractivity contribution in [1.29, 1.82) is 0 Å². The highest BCUT2D eigenvalue weighted by Gasteiger charge is 2.26. The molecular weight excluding hydrogens is 332 g/mol. The van der Waals surface area contributed by atoms with Gasteiger partial charge in [0.1, 0.15) is 0 Å². The van der Waals surface area contributed by atoms with Crippen LogP contribution in [-0.4, -0.2) is 29.4 Å². The van der Waals surface area contributed by atoms with Crippen LogP contribution in [0.3, 0.4) is 0 Å². The van der Waals surface area contributed by atoms with Gasteiger partial charge in [-0.05, 0) is 42.7 Å². The molecule has 1 fully saturated rings. The standard InChI is InChI=1S/C21H30O5/c1-4-18(21(24)26-14(3)25-20(23)5-2)16-11-9-15(10-12-16)13-17-7-6-8-19(17)22/h9-12,14,17-19,22H,4-8,13H2,1-3H3/t14?,17-,18+,19+/m1/s1. The second-order valence-electron chi connectivity index (χ2n) is 7.01. The predicted octanol–water partition coefficient (Wildman–Crippen LogP) is 3.73. The number of aliphatic hydroxyl groups is 1. The van der Waals surface area contributed by atoms with Gasteiger partial charge in [-0.2, -0.15) is 0 Å². The van der Waals surface area contributed by atoms with Crippen molar-refractivity contribution in [1.82, 2.24) is 0 Å². The number of aliphatic hydroxyl groups excluding tert-OH is 1. The monoisotopic (exact) mass is 362 g/mol. The molecule has 26 heavy (non-hydrogen) atoms. The highest BCUT2D eigenvalue weighted by molar-refractivity contribution is 5.78. The van der Waals surface area contributed by atoms with Gasteiger partial charge < -0.3 is 14.6 Å². The van der Waals surface area contributed by atoms with Crippen LogP contribution < -0.4 is 0 Å². The van der Waals surface area contributed by atoms with Crippen LogP contribution in [0.25, 0.3) is 0 Å². The fraction of sp³-hybridized carbons (Fsp3) is 0.619. The Hall–Kier alpha value is -1.88. The third kappa shape index (κ3) is 5.56. The molecule has 0 radical (unpaired) electrons. The number of hydrogen-bond donors (Lipinski definition) is 1. The van der Waals surface area contributed by atoms with Crippen LogP contribution in [0.5, 0.6) is 0 Å². The molecule has 1 aliphatic carbocycles. The highest BCUT2D eigenvalue weighted by atomic mass is 16.7. The van der Waals surface area contributed by atoms with Crippen LogP contribution in [0.2, 0.25) is 0 Å². The molecule has 1 N–H and O–H groups in total. The number of esters is 2. The summed E-state index contributed by atoms with van der Waals surface area (Å²) in [6.07, 6.45) is 3.70. The minimum atomic E-state index is -0.882. The van der Waals surface area contributed by atoms with Crippen molar-refractivity contribution in [3.63, 3.8) is 0 Å². The van der Waals surface area contributed by atoms with Crippen LogP contribution in [0, 0.1) is 5.92 Å². The van der Waals surface area contributed by atoms with E-state index in [1.807, 2.05) is 31.2 Å². The topological polar surface area (TPSA) is 72.8 Å². The number of rotatable bonds is 8. The maximum absolute atomic E-state index is 12.4. The molecule has 0 spiro atoms. The fourth-order valence-corrected chi connectivity index (χ4v) is 3.52. The summed E-state index contributed by atoms with van der Waals surface area (Å²) in [6.45, 7) is 5.17. The summed E-state index contributed by atoms with van der Waals surface area (Å²) in [5, 5.41) is 9.97. The van der Waals surface area contributed by atoms with E-state index in [9.17, 15) is 14.7 Å². The first-order chi connectivity index (χ1) is 12.4. The molecular formula is C21H30O5. The van der Waals surface area contributed by atoms with Crippen LogP contribution in [0.15, 0.2) is 24.3 Å². The molecule has 144 valence electrons. The Kier molecular flexibility index (Phi) is 7.64. The summed E-state index contributed by atoms with van der Waals surface area (Å²) in [6, 6.07) is 7.96. The number of carbonyl (C=O) groups excluding carboxylic acids is 2. The molecule has 1 aliphatic rings. The van der Waals surface area contributed by atoms with Crippen LogP contribution in [-0.2, 0) is 25.5 Å². The minimum absolute atomic E-state index is 0.194. The van der Waals surface area contributed by atoms with E-state index < -0.39 is 12.3 Å². The maximum Gasteiger partial charge on any atom is 0.316 e. The summed E-state index contributed by atoms with van der Waals surface area (Å²) in [5.74, 6) is -0.828. The van der Waals surface area contributed by atoms with E-state index in [-0.39, 0.29) is 24.4 Å². The molecule has 4 atom stereocenters. The fourth-order valence-electron chi connectivity index (χ4n) is 3.52. The Morgan fingerprint density at radius 3 is 2.38 bits per heavy atom. The van der Waals surface area contributed by atoms with Gasteiger partial charge >= 0.3 is 11.9 Å². The molecule has 0 saturated heterocycles. The molecule has 1 unspecified atom stereocenters. The van der Waals surface area contributed by atoms with E-state index in [0.717, 1.165) is 31.2 Å². The Balaban J connectivity index is 1.95. The van der Waals surface area contributed by atoms with Crippen molar-refractivity contribution in [3.05, 3.63) is 35.4 Å². The van der Waals surface area contributed by atoms with Gasteiger partial charge in [0.2, 0.25) is 6.29 Å². The van der Waals surface area contributed by atoms with E-state index in [1.165, 1.54) is 5.56 Å². The smallest absolute Gasteiger partial charge is 0.316 e. The lowest BCUT2D eigenvalue weighted by Gasteiger charge is -2.19. The average Bonchev–Trinajstić information content (AvgIpc) is 3.01. The van der Waals surface area contributed by atoms with E-state index in [4.69, 9.17) is 9.47 Å². The maximum atomic E-state index is 12.4. The molecule has 5 nitrogen and oxygen atoms in total. The largest absolute Gasteiger partial charge is 0.425 e. The molecule has 1 aromatic carbocycles. The molecule has 0 aromatic heterocycles. The van der Waals surface area contributed by atoms with Gasteiger partial charge in [0.15, 0.2) is 0 Å². The van der Waals surface area contributed by atoms with Crippen molar-refractivity contribution in [2.24, 2.45) is 5.92 Å². The number of ether oxygens (including phenoxy) is 2. The quantitative estimate of drug-likeness (QED) is 0.563. The lowest BCUT2D eigenvalue weighted by atomic mass is 9.92. The molecule has 5 heteroatoms. The Bertz CT molecular complexity index is 595. The van der Waals surface area contributed by atoms with Gasteiger partial charge in [0.05, 0.1) is 12.0 Å². The molecule has 0 amide bonds. The van der Waals surface area contributed by atoms with Crippen LogP contribution >= 0.6 is 0 Å². The second-order valence-corrected chi connectivity index (χ2v) is 7.01. The zero-order chi connectivity index (χ0) is 19.1. The highest BCUT2D eigenvalue weighted by Crippen LogP contribution is 2.29. The number of benzene rings is 1. The van der Waals surface area contributed by atoms with Gasteiger partial charge in [0, 0.05) is 13.3 Å². The van der Waals surface area contributed by atoms with Gasteiger partial charge in [-0.25, -0.2) is 0 Å². The van der Waals surface area contributed by atoms with Gasteiger partial charge in [-0.3, -0.25) is 9.59 Å². The predicted molar refractivity (Wildman–Crippen MR) is 98.5 cm³/mol. The SMILES string of the molecule is CCC(=O)OC(C)OC(=O)[C@@H](CC)c1ccc(C[C@H]2CCC[C@@H]2O)cc1. The zero-order valence-corrected chi connectivity index (χ0v) is 15.9. The first-order valence-corrected chi connectivity index (χ1v) is 9.61. The summed E-state index contributed by atoms with van der Waals surface area (Å²) < 4.78 is 10.3. The van der Waals surface area contributed by atoms with Crippen LogP contribution in [0.1, 0.15) is 69.9 Å². The molecule has 1 aromatic rings. The summed E-state index contributed by atoms with van der Waals surface area (Å²) >= 11 is 0. The number of carbonyl (C=O) groups is 2. The average molecular weight is 362 g/mol. The summed E-state index contributed by atoms with van der Waals surface area (Å²) in [4.78, 5) is 23.7. The van der Waals surface area contributed by atoms with Crippen molar-refractivity contribution in [2.75, 3.05) is 0 Å². The first-order valence-electron chi connectivity index (χ1n) is 9.61. The lowest BCUT2D eigenvalue weighted by molar-refractivity contribution is -0.185. The molecule has 0 bridgehead atoms. The van der Waals surface area contributed by atoms with Gasteiger partial charge in [-0.15, -0.1) is 0 Å². The van der Waals surface area contributed by atoms with E-state index >= 15 is 0 Å². The second kappa shape index (κ2) is 9.72. The van der Waals surface area contributed by atoms with Crippen LogP contribution in [0.4, 0.5) is 0 Å². The first kappa shape index (κ1) is 20.4. The van der Waals surface area contributed by atoms with Crippen molar-refractivity contribution >= 4 is 11.9 Å². The third-order valence-electron chi connectivity index (χ3n) is 5.06. The lowest BCUT2D eigenvalue weighted by Crippen LogP contribution is -2.25. The summed E-state index contributed by atoms with van der Waals surface area (Å²) in [7, 11) is 0. The minimum Gasteiger partial charge on any atom is -0.425 e. The van der Waals surface area contributed by atoms with E-state index in [1.54, 1.807) is 13.8 Å². The third-order valence-corrected chi connectivity index (χ3v) is 5.06. The zero-order valence-electron chi connectivity index (χ0n) is 15.9. The van der Waals surface area contributed by atoms with Gasteiger partial charge in [-0.1, -0.05) is 44.5 Å². The molecule has 1 saturated carbocycles. The van der Waals surface area contributed by atoms with Gasteiger partial charge in [0.25, 0.3) is 0 Å². The number of hydrogen-bond acceptors (Lipinski definition) is 5. The van der Waals surface area contributed by atoms with Crippen molar-refractivity contribution in [2.45, 2.75) is 77.6 Å². The molecule has 2 rings (SSSR count).